The van der Waals surface area contributed by atoms with E-state index in [-0.39, 0.29) is 11.0 Å². The van der Waals surface area contributed by atoms with Gasteiger partial charge in [-0.2, -0.15) is 0 Å². The van der Waals surface area contributed by atoms with Crippen molar-refractivity contribution in [2.24, 2.45) is 0 Å². The molecule has 2 heterocycles. The summed E-state index contributed by atoms with van der Waals surface area (Å²) in [5, 5.41) is 3.40. The van der Waals surface area contributed by atoms with E-state index < -0.39 is 0 Å². The highest BCUT2D eigenvalue weighted by molar-refractivity contribution is 5.31. The molecule has 1 fully saturated rings. The second kappa shape index (κ2) is 6.67. The molecule has 1 aliphatic rings. The van der Waals surface area contributed by atoms with Crippen molar-refractivity contribution in [3.8, 4) is 0 Å². The van der Waals surface area contributed by atoms with Crippen LogP contribution >= 0.6 is 0 Å². The van der Waals surface area contributed by atoms with Crippen molar-refractivity contribution in [1.82, 2.24) is 9.97 Å². The van der Waals surface area contributed by atoms with E-state index in [2.05, 4.69) is 59.5 Å². The van der Waals surface area contributed by atoms with Crippen molar-refractivity contribution in [1.29, 1.82) is 0 Å². The maximum atomic E-state index is 5.96. The Kier molecular flexibility index (Phi) is 4.62. The first-order valence-electron chi connectivity index (χ1n) is 8.29. The number of ether oxygens (including phenoxy) is 1. The quantitative estimate of drug-likeness (QED) is 0.912. The molecule has 0 amide bonds. The third kappa shape index (κ3) is 3.88. The molecular formula is C19H25N3O. The van der Waals surface area contributed by atoms with E-state index in [4.69, 9.17) is 4.74 Å². The van der Waals surface area contributed by atoms with Crippen LogP contribution in [-0.2, 0) is 10.2 Å². The monoisotopic (exact) mass is 311 g/mol. The van der Waals surface area contributed by atoms with Crippen molar-refractivity contribution < 1.29 is 4.74 Å². The number of hydrogen-bond acceptors (Lipinski definition) is 4. The fourth-order valence-corrected chi connectivity index (χ4v) is 3.69. The van der Waals surface area contributed by atoms with Gasteiger partial charge in [0.1, 0.15) is 5.82 Å². The fourth-order valence-electron chi connectivity index (χ4n) is 3.69. The van der Waals surface area contributed by atoms with Gasteiger partial charge in [-0.25, -0.2) is 4.98 Å². The lowest BCUT2D eigenvalue weighted by Gasteiger charge is -2.45. The zero-order chi connectivity index (χ0) is 16.2. The van der Waals surface area contributed by atoms with Gasteiger partial charge in [0.05, 0.1) is 11.8 Å². The molecule has 23 heavy (non-hydrogen) atoms. The number of aromatic nitrogens is 2. The smallest absolute Gasteiger partial charge is 0.144 e. The molecule has 0 radical (unpaired) electrons. The number of nitrogens with zero attached hydrogens (tertiary/aromatic N) is 2. The van der Waals surface area contributed by atoms with Gasteiger partial charge in [0.25, 0.3) is 0 Å². The predicted molar refractivity (Wildman–Crippen MR) is 92.5 cm³/mol. The van der Waals surface area contributed by atoms with E-state index >= 15 is 0 Å². The zero-order valence-corrected chi connectivity index (χ0v) is 14.0. The largest absolute Gasteiger partial charge is 0.376 e. The average molecular weight is 311 g/mol. The summed E-state index contributed by atoms with van der Waals surface area (Å²) >= 11 is 0. The molecule has 2 aromatic rings. The second-order valence-electron chi connectivity index (χ2n) is 6.95. The maximum Gasteiger partial charge on any atom is 0.144 e. The van der Waals surface area contributed by atoms with Crippen LogP contribution in [0, 0.1) is 0 Å². The Hall–Kier alpha value is -1.94. The number of benzene rings is 1. The highest BCUT2D eigenvalue weighted by Crippen LogP contribution is 2.43. The van der Waals surface area contributed by atoms with Crippen molar-refractivity contribution in [3.05, 3.63) is 54.5 Å². The predicted octanol–water partition coefficient (Wildman–Crippen LogP) is 3.81. The molecule has 0 spiro atoms. The molecule has 0 saturated carbocycles. The number of nitrogens with one attached hydrogen (secondary N) is 1. The van der Waals surface area contributed by atoms with E-state index in [1.54, 1.807) is 18.6 Å². The van der Waals surface area contributed by atoms with Gasteiger partial charge >= 0.3 is 0 Å². The van der Waals surface area contributed by atoms with Crippen molar-refractivity contribution in [3.63, 3.8) is 0 Å². The Morgan fingerprint density at radius 2 is 2.00 bits per heavy atom. The first-order chi connectivity index (χ1) is 11.1. The van der Waals surface area contributed by atoms with Gasteiger partial charge in [-0.1, -0.05) is 30.3 Å². The summed E-state index contributed by atoms with van der Waals surface area (Å²) in [6.07, 6.45) is 8.32. The van der Waals surface area contributed by atoms with Gasteiger partial charge in [-0.3, -0.25) is 4.98 Å². The van der Waals surface area contributed by atoms with Gasteiger partial charge < -0.3 is 10.1 Å². The lowest BCUT2D eigenvalue weighted by Crippen LogP contribution is -2.44. The highest BCUT2D eigenvalue weighted by Gasteiger charge is 2.41. The van der Waals surface area contributed by atoms with Crippen LogP contribution < -0.4 is 5.32 Å². The van der Waals surface area contributed by atoms with Crippen LogP contribution in [0.3, 0.4) is 0 Å². The van der Waals surface area contributed by atoms with Gasteiger partial charge in [-0.05, 0) is 38.7 Å². The van der Waals surface area contributed by atoms with E-state index in [0.717, 1.165) is 38.2 Å². The van der Waals surface area contributed by atoms with Crippen LogP contribution in [0.1, 0.15) is 38.7 Å². The van der Waals surface area contributed by atoms with E-state index in [1.807, 2.05) is 0 Å². The molecule has 1 N–H and O–H groups in total. The van der Waals surface area contributed by atoms with Gasteiger partial charge in [-0.15, -0.1) is 0 Å². The van der Waals surface area contributed by atoms with Crippen LogP contribution in [0.15, 0.2) is 48.9 Å². The van der Waals surface area contributed by atoms with Crippen LogP contribution in [0.4, 0.5) is 5.82 Å². The van der Waals surface area contributed by atoms with Crippen LogP contribution in [0.25, 0.3) is 0 Å². The first-order valence-corrected chi connectivity index (χ1v) is 8.29. The summed E-state index contributed by atoms with van der Waals surface area (Å²) in [5.74, 6) is 0.835. The van der Waals surface area contributed by atoms with Gasteiger partial charge in [0.2, 0.25) is 0 Å². The summed E-state index contributed by atoms with van der Waals surface area (Å²) in [5.41, 5.74) is 1.48. The number of anilines is 1. The van der Waals surface area contributed by atoms with E-state index in [1.165, 1.54) is 5.56 Å². The van der Waals surface area contributed by atoms with E-state index in [0.29, 0.717) is 0 Å². The first kappa shape index (κ1) is 15.9. The third-order valence-electron chi connectivity index (χ3n) is 4.70. The zero-order valence-electron chi connectivity index (χ0n) is 14.0. The molecule has 1 atom stereocenters. The number of hydrogen-bond donors (Lipinski definition) is 1. The Morgan fingerprint density at radius 1 is 1.17 bits per heavy atom. The summed E-state index contributed by atoms with van der Waals surface area (Å²) in [4.78, 5) is 8.39. The number of rotatable bonds is 5. The van der Waals surface area contributed by atoms with Crippen LogP contribution in [0.5, 0.6) is 0 Å². The lowest BCUT2D eigenvalue weighted by atomic mass is 9.67. The van der Waals surface area contributed by atoms with Crippen molar-refractivity contribution >= 4 is 5.82 Å². The Balaban J connectivity index is 1.76. The van der Waals surface area contributed by atoms with Crippen LogP contribution in [0.2, 0.25) is 0 Å². The summed E-state index contributed by atoms with van der Waals surface area (Å²) < 4.78 is 5.96. The maximum absolute atomic E-state index is 5.96. The molecule has 4 nitrogen and oxygen atoms in total. The summed E-state index contributed by atoms with van der Waals surface area (Å²) in [6, 6.07) is 10.9. The molecule has 1 unspecified atom stereocenters. The Morgan fingerprint density at radius 3 is 2.70 bits per heavy atom. The van der Waals surface area contributed by atoms with Crippen LogP contribution in [-0.4, -0.2) is 28.7 Å². The minimum Gasteiger partial charge on any atom is -0.376 e. The molecule has 1 aliphatic heterocycles. The average Bonchev–Trinajstić information content (AvgIpc) is 2.56. The molecule has 0 bridgehead atoms. The Bertz CT molecular complexity index is 615. The summed E-state index contributed by atoms with van der Waals surface area (Å²) in [7, 11) is 0. The molecule has 3 rings (SSSR count). The minimum absolute atomic E-state index is 0.0827. The molecule has 4 heteroatoms. The molecule has 1 saturated heterocycles. The molecular weight excluding hydrogens is 286 g/mol. The standard InChI is InChI=1S/C19H25N3O/c1-18(2)15-19(9-13-23-18,16-6-4-3-5-7-16)8-10-21-17-14-20-11-12-22-17/h3-7,11-12,14H,8-10,13,15H2,1-2H3,(H,21,22). The highest BCUT2D eigenvalue weighted by atomic mass is 16.5. The third-order valence-corrected chi connectivity index (χ3v) is 4.70. The summed E-state index contributed by atoms with van der Waals surface area (Å²) in [6.45, 7) is 6.08. The van der Waals surface area contributed by atoms with Crippen molar-refractivity contribution in [2.45, 2.75) is 44.1 Å². The topological polar surface area (TPSA) is 47.0 Å². The molecule has 1 aromatic carbocycles. The molecule has 1 aromatic heterocycles. The van der Waals surface area contributed by atoms with Crippen molar-refractivity contribution in [2.75, 3.05) is 18.5 Å². The molecule has 0 aliphatic carbocycles. The SMILES string of the molecule is CC1(C)CC(CCNc2cnccn2)(c2ccccc2)CCO1. The molecule has 122 valence electrons. The minimum atomic E-state index is -0.0827. The normalized spacial score (nSPS) is 23.4. The second-order valence-corrected chi connectivity index (χ2v) is 6.95. The van der Waals surface area contributed by atoms with E-state index in [9.17, 15) is 0 Å². The van der Waals surface area contributed by atoms with Gasteiger partial charge in [0.15, 0.2) is 0 Å². The lowest BCUT2D eigenvalue weighted by molar-refractivity contribution is -0.0835. The van der Waals surface area contributed by atoms with Gasteiger partial charge in [0, 0.05) is 31.0 Å². The Labute approximate surface area is 138 Å². The fraction of sp³-hybridized carbons (Fsp3) is 0.474.